The van der Waals surface area contributed by atoms with E-state index in [0.29, 0.717) is 0 Å². The maximum Gasteiger partial charge on any atom is 0.0689 e. The van der Waals surface area contributed by atoms with Gasteiger partial charge in [-0.05, 0) is 18.6 Å². The van der Waals surface area contributed by atoms with Crippen LogP contribution in [0.2, 0.25) is 5.02 Å². The third-order valence-corrected chi connectivity index (χ3v) is 3.14. The number of aromatic nitrogens is 1. The summed E-state index contributed by atoms with van der Waals surface area (Å²) in [5.74, 6) is 0. The van der Waals surface area contributed by atoms with E-state index in [1.54, 1.807) is 6.20 Å². The highest BCUT2D eigenvalue weighted by Gasteiger charge is 2.11. The lowest BCUT2D eigenvalue weighted by Gasteiger charge is -2.19. The average molecular weight is 198 g/mol. The summed E-state index contributed by atoms with van der Waals surface area (Å²) >= 11 is 5.69. The lowest BCUT2D eigenvalue weighted by atomic mass is 10.7. The molecule has 0 radical (unpaired) electrons. The van der Waals surface area contributed by atoms with E-state index in [1.807, 2.05) is 18.6 Å². The molecule has 58 valence electrons. The van der Waals surface area contributed by atoms with Gasteiger partial charge in [0.2, 0.25) is 0 Å². The molecule has 0 fully saturated rings. The first-order valence-electron chi connectivity index (χ1n) is 2.77. The zero-order chi connectivity index (χ0) is 7.78. The molecule has 0 atom stereocenters. The quantitative estimate of drug-likeness (QED) is 0.712. The summed E-state index contributed by atoms with van der Waals surface area (Å²) in [7, 11) is 4.92. The highest BCUT2D eigenvalue weighted by atomic mass is 35.7. The van der Waals surface area contributed by atoms with E-state index < -0.39 is 9.24 Å². The van der Waals surface area contributed by atoms with Gasteiger partial charge in [-0.1, -0.05) is 22.3 Å². The minimum atomic E-state index is -1.15. The molecule has 1 rings (SSSR count). The molecule has 0 aromatic carbocycles. The zero-order valence-corrected chi connectivity index (χ0v) is 8.15. The normalized spacial score (nSPS) is 13.6. The van der Waals surface area contributed by atoms with Crippen LogP contribution in [0.3, 0.4) is 0 Å². The van der Waals surface area contributed by atoms with Gasteiger partial charge in [0.25, 0.3) is 0 Å². The fraction of sp³-hybridized carbons (Fsp3) is 0.333. The first-order valence-corrected chi connectivity index (χ1v) is 6.42. The van der Waals surface area contributed by atoms with Gasteiger partial charge < -0.3 is 4.98 Å². The lowest BCUT2D eigenvalue weighted by Crippen LogP contribution is -1.85. The van der Waals surface area contributed by atoms with Gasteiger partial charge in [-0.3, -0.25) is 0 Å². The summed E-state index contributed by atoms with van der Waals surface area (Å²) in [6.07, 6.45) is 5.74. The summed E-state index contributed by atoms with van der Waals surface area (Å²) in [4.78, 5) is 3.02. The molecule has 10 heavy (non-hydrogen) atoms. The van der Waals surface area contributed by atoms with E-state index in [1.165, 1.54) is 0 Å². The second-order valence-electron chi connectivity index (χ2n) is 2.38. The molecule has 4 heteroatoms. The Morgan fingerprint density at radius 3 is 2.30 bits per heavy atom. The van der Waals surface area contributed by atoms with E-state index in [-0.39, 0.29) is 0 Å². The van der Waals surface area contributed by atoms with Crippen molar-refractivity contribution < 1.29 is 0 Å². The predicted octanol–water partition coefficient (Wildman–Crippen LogP) is 3.25. The number of halogens is 2. The Morgan fingerprint density at radius 2 is 2.10 bits per heavy atom. The molecule has 1 aromatic heterocycles. The molecule has 0 aliphatic carbocycles. The Balaban J connectivity index is 2.96. The van der Waals surface area contributed by atoms with Crippen LogP contribution < -0.4 is 0 Å². The first kappa shape index (κ1) is 8.31. The molecule has 0 amide bonds. The minimum Gasteiger partial charge on any atom is -0.355 e. The topological polar surface area (TPSA) is 15.8 Å². The summed E-state index contributed by atoms with van der Waals surface area (Å²) in [6, 6.07) is 1.86. The van der Waals surface area contributed by atoms with Crippen molar-refractivity contribution in [1.29, 1.82) is 0 Å². The Labute approximate surface area is 71.5 Å². The van der Waals surface area contributed by atoms with Crippen LogP contribution in [0.1, 0.15) is 0 Å². The average Bonchev–Trinajstić information content (AvgIpc) is 2.11. The van der Waals surface area contributed by atoms with Gasteiger partial charge in [0.05, 0.1) is 10.0 Å². The van der Waals surface area contributed by atoms with Crippen LogP contribution in [0.4, 0.5) is 0 Å². The zero-order valence-electron chi connectivity index (χ0n) is 5.82. The molecule has 0 spiro atoms. The maximum absolute atomic E-state index is 6.07. The molecule has 0 saturated heterocycles. The van der Waals surface area contributed by atoms with E-state index in [9.17, 15) is 0 Å². The van der Waals surface area contributed by atoms with Gasteiger partial charge in [0, 0.05) is 6.20 Å². The van der Waals surface area contributed by atoms with Crippen LogP contribution in [0.25, 0.3) is 0 Å². The summed E-state index contributed by atoms with van der Waals surface area (Å²) < 4.78 is 0. The van der Waals surface area contributed by atoms with Gasteiger partial charge in [-0.15, -0.1) is 9.24 Å². The Bertz CT molecular complexity index is 226. The monoisotopic (exact) mass is 197 g/mol. The lowest BCUT2D eigenvalue weighted by molar-refractivity contribution is 1.20. The molecule has 0 aliphatic rings. The van der Waals surface area contributed by atoms with Gasteiger partial charge in [-0.25, -0.2) is 0 Å². The fourth-order valence-electron chi connectivity index (χ4n) is 0.629. The molecule has 1 aromatic rings. The van der Waals surface area contributed by atoms with Gasteiger partial charge in [0.1, 0.15) is 0 Å². The van der Waals surface area contributed by atoms with E-state index in [4.69, 9.17) is 22.3 Å². The smallest absolute Gasteiger partial charge is 0.0689 e. The molecular formula is C6H9Cl2NS. The van der Waals surface area contributed by atoms with Crippen molar-refractivity contribution in [1.82, 2.24) is 4.98 Å². The highest BCUT2D eigenvalue weighted by Crippen LogP contribution is 2.53. The van der Waals surface area contributed by atoms with Crippen molar-refractivity contribution in [3.63, 3.8) is 0 Å². The molecular weight excluding hydrogens is 189 g/mol. The second-order valence-corrected chi connectivity index (χ2v) is 7.98. The van der Waals surface area contributed by atoms with Crippen molar-refractivity contribution in [2.24, 2.45) is 0 Å². The van der Waals surface area contributed by atoms with E-state index >= 15 is 0 Å². The minimum absolute atomic E-state index is 0.719. The SMILES string of the molecule is CS(C)(Cl)c1cc(Cl)c[nH]1. The number of hydrogen-bond acceptors (Lipinski definition) is 0. The van der Waals surface area contributed by atoms with E-state index in [0.717, 1.165) is 10.0 Å². The van der Waals surface area contributed by atoms with Crippen LogP contribution >= 0.6 is 31.5 Å². The van der Waals surface area contributed by atoms with Gasteiger partial charge in [0.15, 0.2) is 0 Å². The molecule has 1 N–H and O–H groups in total. The Hall–Kier alpha value is 0.210. The molecule has 1 heterocycles. The maximum atomic E-state index is 6.07. The summed E-state index contributed by atoms with van der Waals surface area (Å²) in [5.41, 5.74) is 0. The molecule has 0 aliphatic heterocycles. The van der Waals surface area contributed by atoms with Crippen molar-refractivity contribution in [2.45, 2.75) is 5.03 Å². The number of rotatable bonds is 1. The van der Waals surface area contributed by atoms with Gasteiger partial charge >= 0.3 is 0 Å². The third-order valence-electron chi connectivity index (χ3n) is 1.14. The predicted molar refractivity (Wildman–Crippen MR) is 49.4 cm³/mol. The summed E-state index contributed by atoms with van der Waals surface area (Å²) in [5, 5.41) is 1.75. The number of aromatic amines is 1. The highest BCUT2D eigenvalue weighted by molar-refractivity contribution is 8.50. The van der Waals surface area contributed by atoms with Crippen LogP contribution in [-0.4, -0.2) is 17.5 Å². The molecule has 0 saturated carbocycles. The van der Waals surface area contributed by atoms with Crippen LogP contribution in [0.5, 0.6) is 0 Å². The molecule has 0 bridgehead atoms. The third kappa shape index (κ3) is 1.84. The van der Waals surface area contributed by atoms with Crippen LogP contribution in [0.15, 0.2) is 17.3 Å². The van der Waals surface area contributed by atoms with Crippen LogP contribution in [-0.2, 0) is 0 Å². The number of hydrogen-bond donors (Lipinski definition) is 1. The molecule has 1 nitrogen and oxygen atoms in total. The number of nitrogens with one attached hydrogen (secondary N) is 1. The van der Waals surface area contributed by atoms with Crippen molar-refractivity contribution in [3.8, 4) is 0 Å². The van der Waals surface area contributed by atoms with Gasteiger partial charge in [-0.2, -0.15) is 0 Å². The largest absolute Gasteiger partial charge is 0.355 e. The van der Waals surface area contributed by atoms with Crippen molar-refractivity contribution >= 4 is 31.5 Å². The second kappa shape index (κ2) is 2.68. The van der Waals surface area contributed by atoms with Crippen molar-refractivity contribution in [2.75, 3.05) is 12.5 Å². The molecule has 0 unspecified atom stereocenters. The first-order chi connectivity index (χ1) is 4.50. The van der Waals surface area contributed by atoms with Crippen LogP contribution in [0, 0.1) is 0 Å². The Morgan fingerprint density at radius 1 is 1.50 bits per heavy atom. The Kier molecular flexibility index (Phi) is 2.23. The standard InChI is InChI=1S/C6H9Cl2NS/c1-10(2,8)6-3-5(7)4-9-6/h3-4,9H,1-2H3. The van der Waals surface area contributed by atoms with Crippen molar-refractivity contribution in [3.05, 3.63) is 17.3 Å². The number of H-pyrrole nitrogens is 1. The van der Waals surface area contributed by atoms with E-state index in [2.05, 4.69) is 4.98 Å². The summed E-state index contributed by atoms with van der Waals surface area (Å²) in [6.45, 7) is 0. The fourth-order valence-corrected chi connectivity index (χ4v) is 1.87.